The first-order valence-corrected chi connectivity index (χ1v) is 6.76. The van der Waals surface area contributed by atoms with Crippen LogP contribution in [0.1, 0.15) is 29.3 Å². The molecule has 0 aliphatic carbocycles. The van der Waals surface area contributed by atoms with E-state index in [0.29, 0.717) is 12.2 Å². The summed E-state index contributed by atoms with van der Waals surface area (Å²) >= 11 is 0. The van der Waals surface area contributed by atoms with Gasteiger partial charge in [0.25, 0.3) is 5.91 Å². The number of rotatable bonds is 6. The monoisotopic (exact) mass is 283 g/mol. The van der Waals surface area contributed by atoms with Crippen LogP contribution in [0.3, 0.4) is 0 Å². The number of hydrazone groups is 1. The third kappa shape index (κ3) is 4.42. The van der Waals surface area contributed by atoms with Gasteiger partial charge in [0.05, 0.1) is 18.4 Å². The van der Waals surface area contributed by atoms with E-state index in [1.165, 1.54) is 6.20 Å². The highest BCUT2D eigenvalue weighted by Crippen LogP contribution is 2.15. The molecule has 21 heavy (non-hydrogen) atoms. The molecule has 5 heteroatoms. The fourth-order valence-corrected chi connectivity index (χ4v) is 1.65. The van der Waals surface area contributed by atoms with Crippen LogP contribution in [0, 0.1) is 0 Å². The molecule has 0 saturated heterocycles. The number of ether oxygens (including phenoxy) is 1. The summed E-state index contributed by atoms with van der Waals surface area (Å²) in [6, 6.07) is 10.9. The molecule has 0 spiro atoms. The zero-order valence-electron chi connectivity index (χ0n) is 11.8. The van der Waals surface area contributed by atoms with Gasteiger partial charge in [0.1, 0.15) is 5.75 Å². The second-order valence-corrected chi connectivity index (χ2v) is 4.33. The van der Waals surface area contributed by atoms with Gasteiger partial charge in [-0.2, -0.15) is 5.10 Å². The average molecular weight is 283 g/mol. The van der Waals surface area contributed by atoms with E-state index in [-0.39, 0.29) is 5.91 Å². The number of benzene rings is 1. The van der Waals surface area contributed by atoms with E-state index in [2.05, 4.69) is 15.5 Å². The van der Waals surface area contributed by atoms with Crippen molar-refractivity contribution in [1.82, 2.24) is 10.4 Å². The summed E-state index contributed by atoms with van der Waals surface area (Å²) in [6.07, 6.45) is 5.60. The van der Waals surface area contributed by atoms with Gasteiger partial charge in [0.15, 0.2) is 0 Å². The Morgan fingerprint density at radius 1 is 1.33 bits per heavy atom. The van der Waals surface area contributed by atoms with Crippen LogP contribution in [0.15, 0.2) is 53.9 Å². The Morgan fingerprint density at radius 3 is 2.95 bits per heavy atom. The third-order valence-electron chi connectivity index (χ3n) is 2.67. The predicted molar refractivity (Wildman–Crippen MR) is 81.5 cm³/mol. The summed E-state index contributed by atoms with van der Waals surface area (Å²) in [4.78, 5) is 15.7. The number of nitrogens with one attached hydrogen (secondary N) is 1. The number of para-hydroxylation sites is 1. The molecule has 2 aromatic rings. The first-order chi connectivity index (χ1) is 10.3. The molecule has 1 N–H and O–H groups in total. The van der Waals surface area contributed by atoms with E-state index in [9.17, 15) is 4.79 Å². The van der Waals surface area contributed by atoms with Crippen LogP contribution in [0.5, 0.6) is 5.75 Å². The lowest BCUT2D eigenvalue weighted by Gasteiger charge is -2.07. The Balaban J connectivity index is 2.00. The van der Waals surface area contributed by atoms with Gasteiger partial charge >= 0.3 is 0 Å². The minimum absolute atomic E-state index is 0.300. The largest absolute Gasteiger partial charge is 0.493 e. The van der Waals surface area contributed by atoms with Crippen molar-refractivity contribution in [3.8, 4) is 5.75 Å². The number of carbonyl (C=O) groups is 1. The Kier molecular flexibility index (Phi) is 5.46. The van der Waals surface area contributed by atoms with Crippen molar-refractivity contribution in [1.29, 1.82) is 0 Å². The second kappa shape index (κ2) is 7.79. The van der Waals surface area contributed by atoms with Crippen LogP contribution in [-0.2, 0) is 0 Å². The Labute approximate surface area is 123 Å². The van der Waals surface area contributed by atoms with Crippen molar-refractivity contribution >= 4 is 12.1 Å². The zero-order chi connectivity index (χ0) is 14.9. The van der Waals surface area contributed by atoms with Crippen LogP contribution in [0.25, 0.3) is 0 Å². The number of nitrogens with zero attached hydrogens (tertiary/aromatic N) is 2. The van der Waals surface area contributed by atoms with Gasteiger partial charge in [-0.15, -0.1) is 0 Å². The van der Waals surface area contributed by atoms with Crippen LogP contribution in [0.2, 0.25) is 0 Å². The highest BCUT2D eigenvalue weighted by Gasteiger charge is 2.03. The van der Waals surface area contributed by atoms with Crippen molar-refractivity contribution in [2.24, 2.45) is 5.10 Å². The van der Waals surface area contributed by atoms with Gasteiger partial charge in [-0.25, -0.2) is 5.43 Å². The molecule has 0 atom stereocenters. The standard InChI is InChI=1S/C16H17N3O2/c1-2-10-21-15-8-4-3-6-13(15)12-18-19-16(20)14-7-5-9-17-11-14/h3-9,11-12H,2,10H2,1H3,(H,19,20). The molecule has 0 aliphatic heterocycles. The Hall–Kier alpha value is -2.69. The lowest BCUT2D eigenvalue weighted by atomic mass is 10.2. The third-order valence-corrected chi connectivity index (χ3v) is 2.67. The molecular formula is C16H17N3O2. The summed E-state index contributed by atoms with van der Waals surface area (Å²) in [7, 11) is 0. The van der Waals surface area contributed by atoms with Gasteiger partial charge < -0.3 is 4.74 Å². The highest BCUT2D eigenvalue weighted by molar-refractivity contribution is 5.94. The summed E-state index contributed by atoms with van der Waals surface area (Å²) in [6.45, 7) is 2.69. The second-order valence-electron chi connectivity index (χ2n) is 4.33. The van der Waals surface area contributed by atoms with Gasteiger partial charge in [-0.3, -0.25) is 9.78 Å². The number of carbonyl (C=O) groups excluding carboxylic acids is 1. The lowest BCUT2D eigenvalue weighted by Crippen LogP contribution is -2.17. The van der Waals surface area contributed by atoms with Gasteiger partial charge in [0.2, 0.25) is 0 Å². The molecule has 0 aliphatic rings. The number of pyridine rings is 1. The first kappa shape index (κ1) is 14.7. The molecule has 5 nitrogen and oxygen atoms in total. The summed E-state index contributed by atoms with van der Waals surface area (Å²) in [5.74, 6) is 0.449. The van der Waals surface area contributed by atoms with Gasteiger partial charge in [0, 0.05) is 18.0 Å². The summed E-state index contributed by atoms with van der Waals surface area (Å²) in [5, 5.41) is 3.95. The van der Waals surface area contributed by atoms with Gasteiger partial charge in [-0.05, 0) is 30.7 Å². The minimum atomic E-state index is -0.300. The van der Waals surface area contributed by atoms with Crippen molar-refractivity contribution in [3.63, 3.8) is 0 Å². The lowest BCUT2D eigenvalue weighted by molar-refractivity contribution is 0.0954. The predicted octanol–water partition coefficient (Wildman–Crippen LogP) is 2.63. The molecule has 0 bridgehead atoms. The van der Waals surface area contributed by atoms with Crippen molar-refractivity contribution in [2.45, 2.75) is 13.3 Å². The van der Waals surface area contributed by atoms with Crippen LogP contribution in [-0.4, -0.2) is 23.7 Å². The molecule has 0 radical (unpaired) electrons. The van der Waals surface area contributed by atoms with Crippen molar-refractivity contribution in [2.75, 3.05) is 6.61 Å². The summed E-state index contributed by atoms with van der Waals surface area (Å²) in [5.41, 5.74) is 3.75. The molecule has 2 rings (SSSR count). The fraction of sp³-hybridized carbons (Fsp3) is 0.188. The molecular weight excluding hydrogens is 266 g/mol. The number of hydrogen-bond donors (Lipinski definition) is 1. The fourth-order valence-electron chi connectivity index (χ4n) is 1.65. The molecule has 1 aromatic heterocycles. The summed E-state index contributed by atoms with van der Waals surface area (Å²) < 4.78 is 5.61. The normalized spacial score (nSPS) is 10.5. The van der Waals surface area contributed by atoms with Crippen molar-refractivity contribution in [3.05, 3.63) is 59.9 Å². The Morgan fingerprint density at radius 2 is 2.19 bits per heavy atom. The number of hydrogen-bond acceptors (Lipinski definition) is 4. The van der Waals surface area contributed by atoms with E-state index >= 15 is 0 Å². The smallest absolute Gasteiger partial charge is 0.272 e. The Bertz CT molecular complexity index is 612. The number of amides is 1. The molecule has 1 amide bonds. The molecule has 0 unspecified atom stereocenters. The van der Waals surface area contributed by atoms with Crippen molar-refractivity contribution < 1.29 is 9.53 Å². The quantitative estimate of drug-likeness (QED) is 0.654. The van der Waals surface area contributed by atoms with E-state index < -0.39 is 0 Å². The van der Waals surface area contributed by atoms with E-state index in [0.717, 1.165) is 17.7 Å². The van der Waals surface area contributed by atoms with E-state index in [1.807, 2.05) is 31.2 Å². The first-order valence-electron chi connectivity index (χ1n) is 6.76. The molecule has 0 saturated carbocycles. The minimum Gasteiger partial charge on any atom is -0.493 e. The van der Waals surface area contributed by atoms with Crippen LogP contribution < -0.4 is 10.2 Å². The maximum Gasteiger partial charge on any atom is 0.272 e. The SMILES string of the molecule is CCCOc1ccccc1C=NNC(=O)c1cccnc1. The topological polar surface area (TPSA) is 63.6 Å². The maximum atomic E-state index is 11.8. The molecule has 108 valence electrons. The van der Waals surface area contributed by atoms with E-state index in [4.69, 9.17) is 4.74 Å². The molecule has 1 heterocycles. The maximum absolute atomic E-state index is 11.8. The van der Waals surface area contributed by atoms with Crippen LogP contribution in [0.4, 0.5) is 0 Å². The van der Waals surface area contributed by atoms with E-state index in [1.54, 1.807) is 24.5 Å². The average Bonchev–Trinajstić information content (AvgIpc) is 2.54. The van der Waals surface area contributed by atoms with Gasteiger partial charge in [-0.1, -0.05) is 19.1 Å². The number of aromatic nitrogens is 1. The zero-order valence-corrected chi connectivity index (χ0v) is 11.8. The molecule has 1 aromatic carbocycles. The highest BCUT2D eigenvalue weighted by atomic mass is 16.5. The molecule has 0 fully saturated rings. The van der Waals surface area contributed by atoms with Crippen LogP contribution >= 0.6 is 0 Å².